The fourth-order valence-electron chi connectivity index (χ4n) is 6.12. The minimum absolute atomic E-state index is 0.0910. The second kappa shape index (κ2) is 13.6. The number of rotatable bonds is 11. The van der Waals surface area contributed by atoms with E-state index >= 15 is 0 Å². The Morgan fingerprint density at radius 3 is 2.44 bits per heavy atom. The normalized spacial score (nSPS) is 24.2. The first-order valence-electron chi connectivity index (χ1n) is 13.3. The van der Waals surface area contributed by atoms with Gasteiger partial charge in [0.05, 0.1) is 28.8 Å². The minimum Gasteiger partial charge on any atom is -0.394 e. The predicted octanol–water partition coefficient (Wildman–Crippen LogP) is 4.28. The van der Waals surface area contributed by atoms with Gasteiger partial charge in [-0.05, 0) is 54.2 Å². The maximum absolute atomic E-state index is 14.9. The number of amides is 1. The van der Waals surface area contributed by atoms with Crippen LogP contribution in [-0.4, -0.2) is 59.3 Å². The number of halogens is 4. The summed E-state index contributed by atoms with van der Waals surface area (Å²) in [5.41, 5.74) is 1.59. The fourth-order valence-corrected chi connectivity index (χ4v) is 6.48. The zero-order valence-electron chi connectivity index (χ0n) is 21.5. The lowest BCUT2D eigenvalue weighted by Crippen LogP contribution is -2.45. The summed E-state index contributed by atoms with van der Waals surface area (Å²) in [5.74, 6) is -2.16. The van der Waals surface area contributed by atoms with Gasteiger partial charge < -0.3 is 31.3 Å². The number of anilines is 1. The summed E-state index contributed by atoms with van der Waals surface area (Å²) in [5, 5.41) is 37.5. The Balaban J connectivity index is 1.79. The van der Waals surface area contributed by atoms with Crippen LogP contribution in [0.15, 0.2) is 30.3 Å². The monoisotopic (exact) mass is 585 g/mol. The number of aliphatic hydroxyl groups is 3. The lowest BCUT2D eigenvalue weighted by Gasteiger charge is -2.29. The highest BCUT2D eigenvalue weighted by atomic mass is 35.5. The third-order valence-corrected chi connectivity index (χ3v) is 8.53. The number of carbonyl (C=O) groups excluding carboxylic acids is 1. The molecule has 0 unspecified atom stereocenters. The SMILES string of the molecule is O=C(NCC[C@H](O)CO)[C@@H]1N[C@H](CC2CCCC2)[C@@H](c2cc(F)c(Cl)cc2NCO)[C@H]1c1ccc(F)c(Cl)c1. The summed E-state index contributed by atoms with van der Waals surface area (Å²) in [6.45, 7) is -0.685. The van der Waals surface area contributed by atoms with Crippen LogP contribution in [0.2, 0.25) is 10.0 Å². The molecule has 5 atom stereocenters. The van der Waals surface area contributed by atoms with Gasteiger partial charge in [0.25, 0.3) is 0 Å². The van der Waals surface area contributed by atoms with Gasteiger partial charge in [-0.1, -0.05) is 55.0 Å². The van der Waals surface area contributed by atoms with Crippen LogP contribution >= 0.6 is 23.2 Å². The molecule has 7 nitrogen and oxygen atoms in total. The number of hydrogen-bond acceptors (Lipinski definition) is 6. The molecule has 39 heavy (non-hydrogen) atoms. The van der Waals surface area contributed by atoms with Gasteiger partial charge in [0.1, 0.15) is 18.4 Å². The van der Waals surface area contributed by atoms with Crippen molar-refractivity contribution in [2.24, 2.45) is 5.92 Å². The Kier molecular flexibility index (Phi) is 10.4. The molecule has 0 bridgehead atoms. The molecule has 2 aromatic carbocycles. The van der Waals surface area contributed by atoms with Gasteiger partial charge in [-0.15, -0.1) is 0 Å². The van der Waals surface area contributed by atoms with E-state index in [-0.39, 0.29) is 35.0 Å². The molecular weight excluding hydrogens is 551 g/mol. The first-order chi connectivity index (χ1) is 18.7. The molecule has 4 rings (SSSR count). The fraction of sp³-hybridized carbons (Fsp3) is 0.536. The Morgan fingerprint density at radius 1 is 1.05 bits per heavy atom. The maximum atomic E-state index is 14.9. The quantitative estimate of drug-likeness (QED) is 0.219. The van der Waals surface area contributed by atoms with E-state index in [0.29, 0.717) is 22.7 Å². The molecule has 214 valence electrons. The highest BCUT2D eigenvalue weighted by Gasteiger charge is 2.49. The van der Waals surface area contributed by atoms with Crippen LogP contribution < -0.4 is 16.0 Å². The molecule has 1 aliphatic heterocycles. The molecule has 1 heterocycles. The number of benzene rings is 2. The Hall–Kier alpha value is -2.01. The molecule has 6 N–H and O–H groups in total. The van der Waals surface area contributed by atoms with Crippen molar-refractivity contribution in [3.8, 4) is 0 Å². The summed E-state index contributed by atoms with van der Waals surface area (Å²) >= 11 is 12.3. The van der Waals surface area contributed by atoms with Crippen molar-refractivity contribution in [1.29, 1.82) is 0 Å². The van der Waals surface area contributed by atoms with Crippen molar-refractivity contribution < 1.29 is 28.9 Å². The van der Waals surface area contributed by atoms with Crippen molar-refractivity contribution in [3.63, 3.8) is 0 Å². The van der Waals surface area contributed by atoms with E-state index in [4.69, 9.17) is 28.3 Å². The van der Waals surface area contributed by atoms with Crippen LogP contribution in [0, 0.1) is 17.6 Å². The molecular formula is C28H35Cl2F2N3O4. The number of nitrogens with one attached hydrogen (secondary N) is 3. The number of carbonyl (C=O) groups is 1. The van der Waals surface area contributed by atoms with Crippen LogP contribution in [0.1, 0.15) is 61.5 Å². The second-order valence-corrected chi connectivity index (χ2v) is 11.3. The average molecular weight is 587 g/mol. The largest absolute Gasteiger partial charge is 0.394 e. The second-order valence-electron chi connectivity index (χ2n) is 10.5. The van der Waals surface area contributed by atoms with Crippen LogP contribution in [0.4, 0.5) is 14.5 Å². The molecule has 1 saturated heterocycles. The van der Waals surface area contributed by atoms with Crippen molar-refractivity contribution in [2.45, 2.75) is 68.5 Å². The lowest BCUT2D eigenvalue weighted by molar-refractivity contribution is -0.123. The minimum atomic E-state index is -0.958. The molecule has 2 fully saturated rings. The summed E-state index contributed by atoms with van der Waals surface area (Å²) in [7, 11) is 0. The molecule has 0 radical (unpaired) electrons. The van der Waals surface area contributed by atoms with Crippen molar-refractivity contribution >= 4 is 34.8 Å². The van der Waals surface area contributed by atoms with Crippen LogP contribution in [-0.2, 0) is 4.79 Å². The molecule has 1 saturated carbocycles. The zero-order valence-corrected chi connectivity index (χ0v) is 23.0. The number of hydrogen-bond donors (Lipinski definition) is 6. The van der Waals surface area contributed by atoms with E-state index in [9.17, 15) is 23.8 Å². The van der Waals surface area contributed by atoms with Gasteiger partial charge in [-0.2, -0.15) is 0 Å². The van der Waals surface area contributed by atoms with E-state index in [1.165, 1.54) is 24.3 Å². The van der Waals surface area contributed by atoms with Crippen LogP contribution in [0.3, 0.4) is 0 Å². The van der Waals surface area contributed by atoms with Gasteiger partial charge in [0.2, 0.25) is 5.91 Å². The van der Waals surface area contributed by atoms with Crippen molar-refractivity contribution in [3.05, 3.63) is 63.1 Å². The highest BCUT2D eigenvalue weighted by Crippen LogP contribution is 2.49. The summed E-state index contributed by atoms with van der Waals surface area (Å²) < 4.78 is 29.1. The van der Waals surface area contributed by atoms with E-state index in [1.54, 1.807) is 6.07 Å². The first kappa shape index (κ1) is 30.0. The standard InChI is InChI=1S/C28H35Cl2F2N3O4/c29-19-10-16(5-6-21(19)31)25-26(18-11-22(32)20(30)12-23(18)34-14-37)24(9-15-3-1-2-4-15)35-27(25)28(39)33-8-7-17(38)13-36/h5-6,10-12,15,17,24-27,34-38H,1-4,7-9,13-14H2,(H,33,39)/t17-,24+,25+,26+,27+/m0/s1. The Bertz CT molecular complexity index is 1150. The molecule has 2 aromatic rings. The van der Waals surface area contributed by atoms with E-state index in [1.807, 2.05) is 0 Å². The summed E-state index contributed by atoms with van der Waals surface area (Å²) in [4.78, 5) is 13.6. The average Bonchev–Trinajstić information content (AvgIpc) is 3.56. The van der Waals surface area contributed by atoms with Gasteiger partial charge in [-0.3, -0.25) is 4.79 Å². The third-order valence-electron chi connectivity index (χ3n) is 7.95. The maximum Gasteiger partial charge on any atom is 0.237 e. The zero-order chi connectivity index (χ0) is 28.1. The van der Waals surface area contributed by atoms with E-state index in [0.717, 1.165) is 32.1 Å². The molecule has 1 aliphatic carbocycles. The number of aliphatic hydroxyl groups excluding tert-OH is 3. The molecule has 11 heteroatoms. The van der Waals surface area contributed by atoms with E-state index in [2.05, 4.69) is 16.0 Å². The smallest absolute Gasteiger partial charge is 0.237 e. The molecule has 0 spiro atoms. The van der Waals surface area contributed by atoms with Crippen LogP contribution in [0.25, 0.3) is 0 Å². The predicted molar refractivity (Wildman–Crippen MR) is 147 cm³/mol. The van der Waals surface area contributed by atoms with Crippen LogP contribution in [0.5, 0.6) is 0 Å². The van der Waals surface area contributed by atoms with Crippen molar-refractivity contribution in [1.82, 2.24) is 10.6 Å². The topological polar surface area (TPSA) is 114 Å². The molecule has 1 amide bonds. The highest BCUT2D eigenvalue weighted by molar-refractivity contribution is 6.31. The van der Waals surface area contributed by atoms with E-state index < -0.39 is 49.0 Å². The van der Waals surface area contributed by atoms with Gasteiger partial charge in [-0.25, -0.2) is 8.78 Å². The Morgan fingerprint density at radius 2 is 1.77 bits per heavy atom. The molecule has 0 aromatic heterocycles. The summed E-state index contributed by atoms with van der Waals surface area (Å²) in [6.07, 6.45) is 4.33. The molecule has 2 aliphatic rings. The third kappa shape index (κ3) is 7.01. The summed E-state index contributed by atoms with van der Waals surface area (Å²) in [6, 6.07) is 6.06. The Labute approximate surface area is 236 Å². The van der Waals surface area contributed by atoms with Crippen molar-refractivity contribution in [2.75, 3.05) is 25.2 Å². The van der Waals surface area contributed by atoms with Gasteiger partial charge >= 0.3 is 0 Å². The lowest BCUT2D eigenvalue weighted by atomic mass is 9.75. The van der Waals surface area contributed by atoms with Gasteiger partial charge in [0.15, 0.2) is 0 Å². The van der Waals surface area contributed by atoms with Gasteiger partial charge in [0, 0.05) is 30.1 Å². The first-order valence-corrected chi connectivity index (χ1v) is 14.1.